The van der Waals surface area contributed by atoms with E-state index >= 15 is 0 Å². The lowest BCUT2D eigenvalue weighted by atomic mass is 10.0. The van der Waals surface area contributed by atoms with Crippen molar-refractivity contribution >= 4 is 11.6 Å². The lowest BCUT2D eigenvalue weighted by molar-refractivity contribution is 0.0320. The number of nitrogens with zero attached hydrogens (tertiary/aromatic N) is 1. The first kappa shape index (κ1) is 11.4. The molecule has 0 spiro atoms. The molecule has 0 aliphatic carbocycles. The van der Waals surface area contributed by atoms with E-state index < -0.39 is 12.2 Å². The topological polar surface area (TPSA) is 53.4 Å². The van der Waals surface area contributed by atoms with E-state index in [1.54, 1.807) is 19.1 Å². The second-order valence-corrected chi connectivity index (χ2v) is 3.60. The third kappa shape index (κ3) is 2.44. The first-order valence-electron chi connectivity index (χ1n) is 4.42. The Balaban J connectivity index is 2.95. The minimum Gasteiger partial charge on any atom is -0.389 e. The average Bonchev–Trinajstić information content (AvgIpc) is 2.15. The van der Waals surface area contributed by atoms with Gasteiger partial charge in [-0.2, -0.15) is 0 Å². The number of aliphatic hydroxyl groups is 2. The smallest absolute Gasteiger partial charge is 0.108 e. The van der Waals surface area contributed by atoms with Gasteiger partial charge >= 0.3 is 0 Å². The van der Waals surface area contributed by atoms with Gasteiger partial charge in [0.25, 0.3) is 0 Å². The molecule has 1 aromatic rings. The Hall–Kier alpha value is -0.640. The van der Waals surface area contributed by atoms with Crippen molar-refractivity contribution in [1.82, 2.24) is 4.98 Å². The van der Waals surface area contributed by atoms with E-state index in [9.17, 15) is 10.2 Å². The van der Waals surface area contributed by atoms with Crippen molar-refractivity contribution in [3.63, 3.8) is 0 Å². The molecule has 78 valence electrons. The molecule has 3 nitrogen and oxygen atoms in total. The van der Waals surface area contributed by atoms with Gasteiger partial charge in [-0.1, -0.05) is 6.07 Å². The van der Waals surface area contributed by atoms with Crippen LogP contribution in [0.4, 0.5) is 0 Å². The molecular formula is C10H14ClNO2. The van der Waals surface area contributed by atoms with Crippen molar-refractivity contribution in [3.8, 4) is 0 Å². The summed E-state index contributed by atoms with van der Waals surface area (Å²) in [5.74, 6) is 0.00842. The molecule has 0 aliphatic rings. The Morgan fingerprint density at radius 2 is 2.00 bits per heavy atom. The summed E-state index contributed by atoms with van der Waals surface area (Å²) in [6.45, 7) is 3.67. The maximum atomic E-state index is 9.69. The largest absolute Gasteiger partial charge is 0.389 e. The fourth-order valence-corrected chi connectivity index (χ4v) is 1.47. The number of aromatic nitrogens is 1. The van der Waals surface area contributed by atoms with Gasteiger partial charge in [0.05, 0.1) is 12.0 Å². The van der Waals surface area contributed by atoms with Crippen molar-refractivity contribution < 1.29 is 10.2 Å². The van der Waals surface area contributed by atoms with Crippen LogP contribution < -0.4 is 0 Å². The van der Waals surface area contributed by atoms with E-state index in [0.29, 0.717) is 5.56 Å². The Kier molecular flexibility index (Phi) is 3.86. The van der Waals surface area contributed by atoms with Crippen LogP contribution in [0.15, 0.2) is 12.1 Å². The van der Waals surface area contributed by atoms with Gasteiger partial charge in [-0.05, 0) is 19.9 Å². The molecule has 1 heterocycles. The first-order chi connectivity index (χ1) is 6.56. The normalized spacial score (nSPS) is 15.2. The van der Waals surface area contributed by atoms with E-state index in [1.165, 1.54) is 0 Å². The molecular weight excluding hydrogens is 202 g/mol. The summed E-state index contributed by atoms with van der Waals surface area (Å²) in [6.07, 6.45) is -1.90. The van der Waals surface area contributed by atoms with Crippen LogP contribution in [0.2, 0.25) is 0 Å². The van der Waals surface area contributed by atoms with Gasteiger partial charge in [-0.3, -0.25) is 4.98 Å². The highest BCUT2D eigenvalue weighted by Gasteiger charge is 2.19. The predicted octanol–water partition coefficient (Wildman–Crippen LogP) is 1.33. The van der Waals surface area contributed by atoms with E-state index in [4.69, 9.17) is 11.6 Å². The molecule has 0 aliphatic heterocycles. The Morgan fingerprint density at radius 3 is 2.50 bits per heavy atom. The van der Waals surface area contributed by atoms with Gasteiger partial charge in [-0.15, -0.1) is 11.6 Å². The maximum Gasteiger partial charge on any atom is 0.108 e. The summed E-state index contributed by atoms with van der Waals surface area (Å²) in [7, 11) is 0. The van der Waals surface area contributed by atoms with E-state index in [0.717, 1.165) is 11.4 Å². The van der Waals surface area contributed by atoms with Gasteiger partial charge < -0.3 is 10.2 Å². The van der Waals surface area contributed by atoms with E-state index in [2.05, 4.69) is 4.98 Å². The Morgan fingerprint density at radius 1 is 1.36 bits per heavy atom. The number of aliphatic hydroxyl groups excluding tert-OH is 2. The SMILES string of the molecule is Cc1ccc(C(O)C(O)CCl)c(C)n1. The summed E-state index contributed by atoms with van der Waals surface area (Å²) in [5, 5.41) is 19.1. The van der Waals surface area contributed by atoms with Crippen molar-refractivity contribution in [2.75, 3.05) is 5.88 Å². The van der Waals surface area contributed by atoms with Crippen LogP contribution >= 0.6 is 11.6 Å². The van der Waals surface area contributed by atoms with Crippen LogP contribution in [0.25, 0.3) is 0 Å². The quantitative estimate of drug-likeness (QED) is 0.749. The van der Waals surface area contributed by atoms with E-state index in [-0.39, 0.29) is 5.88 Å². The molecule has 0 radical (unpaired) electrons. The highest BCUT2D eigenvalue weighted by molar-refractivity contribution is 6.18. The molecule has 0 bridgehead atoms. The molecule has 2 N–H and O–H groups in total. The fourth-order valence-electron chi connectivity index (χ4n) is 1.30. The summed E-state index contributed by atoms with van der Waals surface area (Å²) in [4.78, 5) is 4.20. The predicted molar refractivity (Wildman–Crippen MR) is 55.4 cm³/mol. The molecule has 2 unspecified atom stereocenters. The number of alkyl halides is 1. The van der Waals surface area contributed by atoms with Crippen LogP contribution in [-0.4, -0.2) is 27.2 Å². The highest BCUT2D eigenvalue weighted by Crippen LogP contribution is 2.20. The molecule has 4 heteroatoms. The average molecular weight is 216 g/mol. The fraction of sp³-hybridized carbons (Fsp3) is 0.500. The molecule has 0 saturated heterocycles. The van der Waals surface area contributed by atoms with Gasteiger partial charge in [0, 0.05) is 17.0 Å². The minimum atomic E-state index is -0.958. The second-order valence-electron chi connectivity index (χ2n) is 3.29. The zero-order valence-corrected chi connectivity index (χ0v) is 8.99. The van der Waals surface area contributed by atoms with E-state index in [1.807, 2.05) is 6.92 Å². The summed E-state index contributed by atoms with van der Waals surface area (Å²) in [6, 6.07) is 3.56. The third-order valence-corrected chi connectivity index (χ3v) is 2.42. The number of pyridine rings is 1. The second kappa shape index (κ2) is 4.73. The molecule has 0 amide bonds. The lowest BCUT2D eigenvalue weighted by Crippen LogP contribution is -2.20. The number of halogens is 1. The number of hydrogen-bond donors (Lipinski definition) is 2. The van der Waals surface area contributed by atoms with Gasteiger partial charge in [0.15, 0.2) is 0 Å². The standard InChI is InChI=1S/C10H14ClNO2/c1-6-3-4-8(7(2)12-6)10(14)9(13)5-11/h3-4,9-10,13-14H,5H2,1-2H3. The molecule has 1 rings (SSSR count). The van der Waals surface area contributed by atoms with Gasteiger partial charge in [-0.25, -0.2) is 0 Å². The van der Waals surface area contributed by atoms with Crippen LogP contribution in [0.1, 0.15) is 23.1 Å². The summed E-state index contributed by atoms with van der Waals surface area (Å²) >= 11 is 5.45. The number of hydrogen-bond acceptors (Lipinski definition) is 3. The van der Waals surface area contributed by atoms with Crippen LogP contribution in [0.5, 0.6) is 0 Å². The molecule has 0 saturated carbocycles. The minimum absolute atomic E-state index is 0.00842. The number of aryl methyl sites for hydroxylation is 2. The van der Waals surface area contributed by atoms with Crippen molar-refractivity contribution in [1.29, 1.82) is 0 Å². The lowest BCUT2D eigenvalue weighted by Gasteiger charge is -2.17. The zero-order valence-electron chi connectivity index (χ0n) is 8.24. The third-order valence-electron chi connectivity index (χ3n) is 2.11. The number of rotatable bonds is 3. The monoisotopic (exact) mass is 215 g/mol. The summed E-state index contributed by atoms with van der Waals surface area (Å²) in [5.41, 5.74) is 2.24. The van der Waals surface area contributed by atoms with Crippen LogP contribution in [0.3, 0.4) is 0 Å². The molecule has 1 aromatic heterocycles. The van der Waals surface area contributed by atoms with Gasteiger partial charge in [0.1, 0.15) is 6.10 Å². The molecule has 0 aromatic carbocycles. The summed E-state index contributed by atoms with van der Waals surface area (Å²) < 4.78 is 0. The molecule has 0 fully saturated rings. The molecule has 2 atom stereocenters. The highest BCUT2D eigenvalue weighted by atomic mass is 35.5. The van der Waals surface area contributed by atoms with Crippen LogP contribution in [0, 0.1) is 13.8 Å². The van der Waals surface area contributed by atoms with Crippen molar-refractivity contribution in [3.05, 3.63) is 29.1 Å². The Labute approximate surface area is 88.4 Å². The molecule has 14 heavy (non-hydrogen) atoms. The zero-order chi connectivity index (χ0) is 10.7. The first-order valence-corrected chi connectivity index (χ1v) is 4.96. The Bertz CT molecular complexity index is 317. The maximum absolute atomic E-state index is 9.69. The van der Waals surface area contributed by atoms with Crippen molar-refractivity contribution in [2.45, 2.75) is 26.1 Å². The van der Waals surface area contributed by atoms with Crippen LogP contribution in [-0.2, 0) is 0 Å². The van der Waals surface area contributed by atoms with Crippen molar-refractivity contribution in [2.24, 2.45) is 0 Å². The van der Waals surface area contributed by atoms with Gasteiger partial charge in [0.2, 0.25) is 0 Å².